The number of ether oxygens (including phenoxy) is 1. The predicted octanol–water partition coefficient (Wildman–Crippen LogP) is 2.15. The summed E-state index contributed by atoms with van der Waals surface area (Å²) >= 11 is 0. The molecular formula is C10H21NO. The summed E-state index contributed by atoms with van der Waals surface area (Å²) < 4.78 is 5.73. The van der Waals surface area contributed by atoms with E-state index in [1.54, 1.807) is 0 Å². The molecule has 1 saturated heterocycles. The molecule has 1 aliphatic rings. The van der Waals surface area contributed by atoms with Gasteiger partial charge in [-0.25, -0.2) is 0 Å². The molecule has 2 heteroatoms. The van der Waals surface area contributed by atoms with Crippen molar-refractivity contribution in [2.45, 2.75) is 46.1 Å². The van der Waals surface area contributed by atoms with E-state index in [0.29, 0.717) is 12.1 Å². The summed E-state index contributed by atoms with van der Waals surface area (Å²) in [5.41, 5.74) is 0.468. The van der Waals surface area contributed by atoms with Crippen molar-refractivity contribution in [1.29, 1.82) is 0 Å². The van der Waals surface area contributed by atoms with E-state index in [4.69, 9.17) is 4.74 Å². The van der Waals surface area contributed by atoms with Gasteiger partial charge >= 0.3 is 0 Å². The van der Waals surface area contributed by atoms with E-state index >= 15 is 0 Å². The molecule has 0 amide bonds. The molecule has 0 aromatic rings. The molecule has 12 heavy (non-hydrogen) atoms. The smallest absolute Gasteiger partial charge is 0.0972 e. The highest BCUT2D eigenvalue weighted by Gasteiger charge is 2.32. The monoisotopic (exact) mass is 171 g/mol. The minimum atomic E-state index is 0.101. The van der Waals surface area contributed by atoms with Crippen LogP contribution in [0.3, 0.4) is 0 Å². The minimum absolute atomic E-state index is 0.101. The van der Waals surface area contributed by atoms with E-state index in [1.165, 1.54) is 0 Å². The molecule has 0 radical (unpaired) electrons. The van der Waals surface area contributed by atoms with Crippen molar-refractivity contribution in [3.8, 4) is 0 Å². The molecule has 0 spiro atoms. The second-order valence-corrected chi connectivity index (χ2v) is 5.23. The molecule has 1 atom stereocenters. The fourth-order valence-corrected chi connectivity index (χ4v) is 1.98. The standard InChI is InChI=1S/C10H21NO/c1-9(2,3)7-10(4)5-6-11-8-12-10/h11H,5-8H2,1-4H3. The molecule has 2 nitrogen and oxygen atoms in total. The first-order chi connectivity index (χ1) is 5.41. The average molecular weight is 171 g/mol. The first-order valence-corrected chi connectivity index (χ1v) is 4.76. The van der Waals surface area contributed by atoms with E-state index in [-0.39, 0.29) is 5.60 Å². The van der Waals surface area contributed by atoms with E-state index < -0.39 is 0 Å². The summed E-state index contributed by atoms with van der Waals surface area (Å²) in [6, 6.07) is 0. The van der Waals surface area contributed by atoms with Gasteiger partial charge in [0.25, 0.3) is 0 Å². The maximum Gasteiger partial charge on any atom is 0.0972 e. The third-order valence-corrected chi connectivity index (χ3v) is 2.26. The minimum Gasteiger partial charge on any atom is -0.360 e. The zero-order valence-corrected chi connectivity index (χ0v) is 8.74. The Morgan fingerprint density at radius 1 is 1.42 bits per heavy atom. The van der Waals surface area contributed by atoms with Gasteiger partial charge in [-0.1, -0.05) is 20.8 Å². The molecule has 0 saturated carbocycles. The maximum absolute atomic E-state index is 5.73. The molecule has 1 rings (SSSR count). The van der Waals surface area contributed by atoms with Crippen LogP contribution in [-0.2, 0) is 4.74 Å². The van der Waals surface area contributed by atoms with Crippen molar-refractivity contribution in [2.75, 3.05) is 13.3 Å². The molecule has 0 bridgehead atoms. The van der Waals surface area contributed by atoms with Crippen LogP contribution >= 0.6 is 0 Å². The molecular weight excluding hydrogens is 150 g/mol. The van der Waals surface area contributed by atoms with Crippen LogP contribution in [0.25, 0.3) is 0 Å². The molecule has 0 aliphatic carbocycles. The Bertz CT molecular complexity index is 142. The Labute approximate surface area is 75.7 Å². The zero-order valence-electron chi connectivity index (χ0n) is 8.74. The van der Waals surface area contributed by atoms with Crippen LogP contribution in [-0.4, -0.2) is 18.9 Å². The van der Waals surface area contributed by atoms with Gasteiger partial charge in [-0.05, 0) is 31.7 Å². The van der Waals surface area contributed by atoms with Gasteiger partial charge in [0.1, 0.15) is 0 Å². The topological polar surface area (TPSA) is 21.3 Å². The number of rotatable bonds is 1. The largest absolute Gasteiger partial charge is 0.360 e. The van der Waals surface area contributed by atoms with Crippen molar-refractivity contribution < 1.29 is 4.74 Å². The van der Waals surface area contributed by atoms with Crippen molar-refractivity contribution in [1.82, 2.24) is 5.32 Å². The van der Waals surface area contributed by atoms with Gasteiger partial charge in [-0.2, -0.15) is 0 Å². The zero-order chi connectivity index (χ0) is 9.24. The van der Waals surface area contributed by atoms with Gasteiger partial charge in [0, 0.05) is 0 Å². The van der Waals surface area contributed by atoms with E-state index in [0.717, 1.165) is 19.4 Å². The molecule has 0 aromatic carbocycles. The van der Waals surface area contributed by atoms with Gasteiger partial charge in [-0.15, -0.1) is 0 Å². The maximum atomic E-state index is 5.73. The highest BCUT2D eigenvalue weighted by Crippen LogP contribution is 2.32. The van der Waals surface area contributed by atoms with E-state index in [1.807, 2.05) is 0 Å². The van der Waals surface area contributed by atoms with Gasteiger partial charge in [0.05, 0.1) is 12.3 Å². The van der Waals surface area contributed by atoms with Crippen LogP contribution in [0.2, 0.25) is 0 Å². The fraction of sp³-hybridized carbons (Fsp3) is 1.00. The van der Waals surface area contributed by atoms with Gasteiger partial charge in [0.15, 0.2) is 0 Å². The Hall–Kier alpha value is -0.0800. The van der Waals surface area contributed by atoms with Crippen molar-refractivity contribution >= 4 is 0 Å². The van der Waals surface area contributed by atoms with Crippen LogP contribution in [0.5, 0.6) is 0 Å². The Morgan fingerprint density at radius 2 is 2.08 bits per heavy atom. The molecule has 72 valence electrons. The SMILES string of the molecule is CC(C)(C)CC1(C)CCNCO1. The summed E-state index contributed by atoms with van der Waals surface area (Å²) in [4.78, 5) is 0. The summed E-state index contributed by atoms with van der Waals surface area (Å²) in [7, 11) is 0. The summed E-state index contributed by atoms with van der Waals surface area (Å²) in [6.45, 7) is 10.8. The van der Waals surface area contributed by atoms with Crippen LogP contribution in [0, 0.1) is 5.41 Å². The van der Waals surface area contributed by atoms with Gasteiger partial charge in [-0.3, -0.25) is 5.32 Å². The average Bonchev–Trinajstić information content (AvgIpc) is 1.83. The first-order valence-electron chi connectivity index (χ1n) is 4.76. The highest BCUT2D eigenvalue weighted by atomic mass is 16.5. The molecule has 0 aromatic heterocycles. The second-order valence-electron chi connectivity index (χ2n) is 5.23. The van der Waals surface area contributed by atoms with Gasteiger partial charge < -0.3 is 4.74 Å². The van der Waals surface area contributed by atoms with E-state index in [9.17, 15) is 0 Å². The lowest BCUT2D eigenvalue weighted by atomic mass is 9.81. The van der Waals surface area contributed by atoms with Crippen molar-refractivity contribution in [2.24, 2.45) is 5.41 Å². The quantitative estimate of drug-likeness (QED) is 0.652. The molecule has 1 unspecified atom stereocenters. The summed E-state index contributed by atoms with van der Waals surface area (Å²) in [5, 5.41) is 3.20. The van der Waals surface area contributed by atoms with Crippen molar-refractivity contribution in [3.05, 3.63) is 0 Å². The number of hydrogen-bond acceptors (Lipinski definition) is 2. The third-order valence-electron chi connectivity index (χ3n) is 2.26. The van der Waals surface area contributed by atoms with Crippen LogP contribution < -0.4 is 5.32 Å². The third kappa shape index (κ3) is 3.11. The van der Waals surface area contributed by atoms with Crippen molar-refractivity contribution in [3.63, 3.8) is 0 Å². The lowest BCUT2D eigenvalue weighted by molar-refractivity contribution is -0.0918. The van der Waals surface area contributed by atoms with Crippen LogP contribution in [0.4, 0.5) is 0 Å². The Morgan fingerprint density at radius 3 is 2.50 bits per heavy atom. The molecule has 1 aliphatic heterocycles. The lowest BCUT2D eigenvalue weighted by Crippen LogP contribution is -2.44. The van der Waals surface area contributed by atoms with Gasteiger partial charge in [0.2, 0.25) is 0 Å². The predicted molar refractivity (Wildman–Crippen MR) is 51.0 cm³/mol. The first kappa shape index (κ1) is 10.0. The highest BCUT2D eigenvalue weighted by molar-refractivity contribution is 4.83. The normalized spacial score (nSPS) is 32.0. The second kappa shape index (κ2) is 3.35. The lowest BCUT2D eigenvalue weighted by Gasteiger charge is -2.38. The van der Waals surface area contributed by atoms with E-state index in [2.05, 4.69) is 33.0 Å². The molecule has 1 heterocycles. The molecule has 1 N–H and O–H groups in total. The Kier molecular flexibility index (Phi) is 2.79. The number of hydrogen-bond donors (Lipinski definition) is 1. The van der Waals surface area contributed by atoms with Crippen LogP contribution in [0.1, 0.15) is 40.5 Å². The summed E-state index contributed by atoms with van der Waals surface area (Å²) in [6.07, 6.45) is 2.27. The van der Waals surface area contributed by atoms with Crippen LogP contribution in [0.15, 0.2) is 0 Å². The Balaban J connectivity index is 2.47. The number of nitrogens with one attached hydrogen (secondary N) is 1. The summed E-state index contributed by atoms with van der Waals surface area (Å²) in [5.74, 6) is 0. The molecule has 1 fully saturated rings. The fourth-order valence-electron chi connectivity index (χ4n) is 1.98.